The Morgan fingerprint density at radius 2 is 1.88 bits per heavy atom. The van der Waals surface area contributed by atoms with Crippen molar-refractivity contribution in [1.82, 2.24) is 0 Å². The van der Waals surface area contributed by atoms with Crippen LogP contribution in [0.1, 0.15) is 45.8 Å². The van der Waals surface area contributed by atoms with Crippen molar-refractivity contribution in [2.45, 2.75) is 40.0 Å². The lowest BCUT2D eigenvalue weighted by Gasteiger charge is -1.99. The van der Waals surface area contributed by atoms with Crippen LogP contribution in [0.2, 0.25) is 0 Å². The van der Waals surface area contributed by atoms with Crippen molar-refractivity contribution in [3.05, 3.63) is 48.0 Å². The van der Waals surface area contributed by atoms with Gasteiger partial charge in [-0.25, -0.2) is 0 Å². The van der Waals surface area contributed by atoms with Crippen LogP contribution < -0.4 is 0 Å². The molecule has 1 aliphatic rings. The average molecular weight is 218 g/mol. The third-order valence-electron chi connectivity index (χ3n) is 2.58. The smallest absolute Gasteiger partial charge is 0.106 e. The second-order valence-electron chi connectivity index (χ2n) is 4.67. The summed E-state index contributed by atoms with van der Waals surface area (Å²) >= 11 is 0. The van der Waals surface area contributed by atoms with Gasteiger partial charge in [-0.1, -0.05) is 45.9 Å². The molecule has 0 unspecified atom stereocenters. The first-order valence-corrected chi connectivity index (χ1v) is 6.01. The third-order valence-corrected chi connectivity index (χ3v) is 2.58. The number of allylic oxidation sites excluding steroid dienone is 4. The van der Waals surface area contributed by atoms with E-state index in [-0.39, 0.29) is 0 Å². The fraction of sp³-hybridized carbons (Fsp3) is 0.467. The molecule has 0 amide bonds. The van der Waals surface area contributed by atoms with Gasteiger partial charge in [0.15, 0.2) is 0 Å². The van der Waals surface area contributed by atoms with E-state index in [9.17, 15) is 0 Å². The number of hydrogen-bond donors (Lipinski definition) is 0. The van der Waals surface area contributed by atoms with Gasteiger partial charge in [-0.2, -0.15) is 0 Å². The van der Waals surface area contributed by atoms with Crippen LogP contribution in [0.15, 0.2) is 46.6 Å². The summed E-state index contributed by atoms with van der Waals surface area (Å²) < 4.78 is 5.09. The van der Waals surface area contributed by atoms with E-state index < -0.39 is 0 Å². The standard InChI is InChI=1S/C8H12.C7H10O/c1-7(2)8-5-3-4-6-8;1-6(2)7-4-3-5-8-7/h3,5-7H,4H2,1-2H3;3-6H,1-2H3. The minimum Gasteiger partial charge on any atom is -0.469 e. The Balaban J connectivity index is 0.000000160. The van der Waals surface area contributed by atoms with Crippen LogP contribution in [0.5, 0.6) is 0 Å². The lowest BCUT2D eigenvalue weighted by atomic mass is 10.1. The Morgan fingerprint density at radius 1 is 1.12 bits per heavy atom. The van der Waals surface area contributed by atoms with Gasteiger partial charge >= 0.3 is 0 Å². The summed E-state index contributed by atoms with van der Waals surface area (Å²) in [7, 11) is 0. The van der Waals surface area contributed by atoms with Crippen molar-refractivity contribution < 1.29 is 4.42 Å². The summed E-state index contributed by atoms with van der Waals surface area (Å²) in [5, 5.41) is 0. The fourth-order valence-corrected chi connectivity index (χ4v) is 1.52. The predicted molar refractivity (Wildman–Crippen MR) is 69.5 cm³/mol. The molecule has 0 N–H and O–H groups in total. The second-order valence-corrected chi connectivity index (χ2v) is 4.67. The highest BCUT2D eigenvalue weighted by molar-refractivity contribution is 5.27. The Hall–Kier alpha value is -1.24. The Morgan fingerprint density at radius 3 is 2.12 bits per heavy atom. The molecule has 16 heavy (non-hydrogen) atoms. The molecule has 0 aliphatic heterocycles. The zero-order chi connectivity index (χ0) is 12.0. The fourth-order valence-electron chi connectivity index (χ4n) is 1.52. The van der Waals surface area contributed by atoms with Gasteiger partial charge in [0, 0.05) is 5.92 Å². The van der Waals surface area contributed by atoms with Crippen LogP contribution in [0, 0.1) is 5.92 Å². The SMILES string of the molecule is CC(C)C1=CCC=C1.CC(C)c1ccco1. The van der Waals surface area contributed by atoms with E-state index in [1.807, 2.05) is 12.1 Å². The van der Waals surface area contributed by atoms with Crippen molar-refractivity contribution in [3.8, 4) is 0 Å². The molecule has 0 saturated heterocycles. The van der Waals surface area contributed by atoms with Gasteiger partial charge in [-0.05, 0) is 30.0 Å². The summed E-state index contributed by atoms with van der Waals surface area (Å²) in [6.07, 6.45) is 9.55. The van der Waals surface area contributed by atoms with E-state index in [0.717, 1.165) is 12.2 Å². The topological polar surface area (TPSA) is 13.1 Å². The first kappa shape index (κ1) is 12.8. The minimum atomic E-state index is 0.519. The molecule has 1 aromatic rings. The van der Waals surface area contributed by atoms with Crippen molar-refractivity contribution in [2.75, 3.05) is 0 Å². The summed E-state index contributed by atoms with van der Waals surface area (Å²) in [6.45, 7) is 8.67. The molecule has 1 aliphatic carbocycles. The van der Waals surface area contributed by atoms with Crippen molar-refractivity contribution >= 4 is 0 Å². The molecule has 0 aromatic carbocycles. The molecule has 0 fully saturated rings. The number of furan rings is 1. The van der Waals surface area contributed by atoms with Crippen molar-refractivity contribution in [1.29, 1.82) is 0 Å². The molecule has 0 spiro atoms. The quantitative estimate of drug-likeness (QED) is 0.686. The zero-order valence-electron chi connectivity index (χ0n) is 10.7. The van der Waals surface area contributed by atoms with E-state index in [0.29, 0.717) is 11.8 Å². The molecule has 0 saturated carbocycles. The van der Waals surface area contributed by atoms with E-state index in [2.05, 4.69) is 45.9 Å². The first-order chi connectivity index (χ1) is 7.61. The van der Waals surface area contributed by atoms with E-state index in [4.69, 9.17) is 4.42 Å². The van der Waals surface area contributed by atoms with E-state index in [1.165, 1.54) is 5.57 Å². The number of hydrogen-bond acceptors (Lipinski definition) is 1. The maximum atomic E-state index is 5.09. The maximum Gasteiger partial charge on any atom is 0.106 e. The lowest BCUT2D eigenvalue weighted by molar-refractivity contribution is 0.487. The molecule has 0 bridgehead atoms. The predicted octanol–water partition coefficient (Wildman–Crippen LogP) is 4.93. The Kier molecular flexibility index (Phi) is 5.10. The van der Waals surface area contributed by atoms with Gasteiger partial charge in [0.1, 0.15) is 5.76 Å². The molecular weight excluding hydrogens is 196 g/mol. The van der Waals surface area contributed by atoms with Crippen molar-refractivity contribution in [3.63, 3.8) is 0 Å². The summed E-state index contributed by atoms with van der Waals surface area (Å²) in [6, 6.07) is 3.90. The molecule has 1 nitrogen and oxygen atoms in total. The molecule has 1 heterocycles. The molecule has 0 radical (unpaired) electrons. The van der Waals surface area contributed by atoms with E-state index in [1.54, 1.807) is 6.26 Å². The summed E-state index contributed by atoms with van der Waals surface area (Å²) in [5.41, 5.74) is 1.49. The monoisotopic (exact) mass is 218 g/mol. The lowest BCUT2D eigenvalue weighted by Crippen LogP contribution is -1.85. The van der Waals surface area contributed by atoms with Crippen LogP contribution in [-0.2, 0) is 0 Å². The second kappa shape index (κ2) is 6.37. The van der Waals surface area contributed by atoms with Gasteiger partial charge in [0.2, 0.25) is 0 Å². The molecule has 88 valence electrons. The van der Waals surface area contributed by atoms with Gasteiger partial charge in [0.05, 0.1) is 6.26 Å². The largest absolute Gasteiger partial charge is 0.469 e. The van der Waals surface area contributed by atoms with Crippen molar-refractivity contribution in [2.24, 2.45) is 5.92 Å². The highest BCUT2D eigenvalue weighted by atomic mass is 16.3. The van der Waals surface area contributed by atoms with Gasteiger partial charge in [-0.15, -0.1) is 0 Å². The zero-order valence-corrected chi connectivity index (χ0v) is 10.7. The summed E-state index contributed by atoms with van der Waals surface area (Å²) in [4.78, 5) is 0. The van der Waals surface area contributed by atoms with Gasteiger partial charge in [-0.3, -0.25) is 0 Å². The normalized spacial score (nSPS) is 14.0. The molecule has 1 aromatic heterocycles. The van der Waals surface area contributed by atoms with Crippen LogP contribution in [0.25, 0.3) is 0 Å². The molecule has 2 rings (SSSR count). The van der Waals surface area contributed by atoms with Crippen LogP contribution in [-0.4, -0.2) is 0 Å². The third kappa shape index (κ3) is 4.09. The maximum absolute atomic E-state index is 5.09. The Bertz CT molecular complexity index is 340. The van der Waals surface area contributed by atoms with Crippen LogP contribution in [0.4, 0.5) is 0 Å². The van der Waals surface area contributed by atoms with Gasteiger partial charge in [0.25, 0.3) is 0 Å². The van der Waals surface area contributed by atoms with Crippen LogP contribution >= 0.6 is 0 Å². The summed E-state index contributed by atoms with van der Waals surface area (Å²) in [5.74, 6) is 2.30. The minimum absolute atomic E-state index is 0.519. The first-order valence-electron chi connectivity index (χ1n) is 6.01. The average Bonchev–Trinajstić information content (AvgIpc) is 2.93. The van der Waals surface area contributed by atoms with Crippen LogP contribution in [0.3, 0.4) is 0 Å². The molecule has 1 heteroatoms. The van der Waals surface area contributed by atoms with E-state index >= 15 is 0 Å². The number of rotatable bonds is 2. The van der Waals surface area contributed by atoms with Gasteiger partial charge < -0.3 is 4.42 Å². The Labute approximate surface area is 98.9 Å². The highest BCUT2D eigenvalue weighted by Gasteiger charge is 2.00. The molecular formula is C15H22O. The molecule has 0 atom stereocenters. The highest BCUT2D eigenvalue weighted by Crippen LogP contribution is 2.16.